The number of urea groups is 1. The molecule has 1 atom stereocenters. The number of anilines is 3. The molecule has 3 aromatic rings. The smallest absolute Gasteiger partial charge is 0.323 e. The van der Waals surface area contributed by atoms with Gasteiger partial charge in [0.1, 0.15) is 5.75 Å². The zero-order valence-electron chi connectivity index (χ0n) is 16.3. The number of hydrogen-bond donors (Lipinski definition) is 3. The number of carbonyl (C=O) groups excluding carboxylic acids is 2. The molecule has 3 amide bonds. The second-order valence-electron chi connectivity index (χ2n) is 6.59. The molecule has 0 aromatic heterocycles. The average Bonchev–Trinajstić information content (AvgIpc) is 2.69. The van der Waals surface area contributed by atoms with E-state index in [-0.39, 0.29) is 11.9 Å². The zero-order valence-corrected chi connectivity index (χ0v) is 16.3. The molecule has 0 aliphatic rings. The standard InChI is InChI=1S/C23H23N3O3/c1-16-8-6-13-21(14-16)29-17(2)22(27)24-19-11-7-12-20(15-19)26-23(28)25-18-9-4-3-5-10-18/h3-15,17H,1-2H3,(H,24,27)(H2,25,26,28)/t17-/m0/s1. The van der Waals surface area contributed by atoms with Crippen molar-refractivity contribution >= 4 is 29.0 Å². The summed E-state index contributed by atoms with van der Waals surface area (Å²) in [5.41, 5.74) is 2.87. The molecule has 6 heteroatoms. The Morgan fingerprint density at radius 3 is 2.10 bits per heavy atom. The van der Waals surface area contributed by atoms with E-state index in [1.807, 2.05) is 49.4 Å². The van der Waals surface area contributed by atoms with E-state index in [1.165, 1.54) is 0 Å². The molecule has 0 bridgehead atoms. The normalized spacial score (nSPS) is 11.2. The van der Waals surface area contributed by atoms with Crippen LogP contribution in [0.3, 0.4) is 0 Å². The molecule has 0 unspecified atom stereocenters. The molecule has 0 spiro atoms. The van der Waals surface area contributed by atoms with Crippen LogP contribution in [0.2, 0.25) is 0 Å². The van der Waals surface area contributed by atoms with E-state index in [9.17, 15) is 9.59 Å². The number of para-hydroxylation sites is 1. The Balaban J connectivity index is 1.57. The van der Waals surface area contributed by atoms with Crippen LogP contribution in [-0.2, 0) is 4.79 Å². The third kappa shape index (κ3) is 6.10. The van der Waals surface area contributed by atoms with Crippen LogP contribution >= 0.6 is 0 Å². The first kappa shape index (κ1) is 19.9. The van der Waals surface area contributed by atoms with Crippen LogP contribution in [-0.4, -0.2) is 18.0 Å². The lowest BCUT2D eigenvalue weighted by molar-refractivity contribution is -0.122. The molecule has 3 aromatic carbocycles. The number of ether oxygens (including phenoxy) is 1. The lowest BCUT2D eigenvalue weighted by Crippen LogP contribution is -2.30. The second kappa shape index (κ2) is 9.41. The third-order valence-corrected chi connectivity index (χ3v) is 4.09. The maximum Gasteiger partial charge on any atom is 0.323 e. The Kier molecular flexibility index (Phi) is 6.47. The number of benzene rings is 3. The third-order valence-electron chi connectivity index (χ3n) is 4.09. The predicted molar refractivity (Wildman–Crippen MR) is 115 cm³/mol. The van der Waals surface area contributed by atoms with Gasteiger partial charge in [-0.2, -0.15) is 0 Å². The number of amides is 3. The monoisotopic (exact) mass is 389 g/mol. The van der Waals surface area contributed by atoms with E-state index in [1.54, 1.807) is 43.3 Å². The average molecular weight is 389 g/mol. The highest BCUT2D eigenvalue weighted by Crippen LogP contribution is 2.18. The van der Waals surface area contributed by atoms with Crippen LogP contribution in [0.1, 0.15) is 12.5 Å². The summed E-state index contributed by atoms with van der Waals surface area (Å²) >= 11 is 0. The summed E-state index contributed by atoms with van der Waals surface area (Å²) in [6.07, 6.45) is -0.671. The first-order chi connectivity index (χ1) is 14.0. The fourth-order valence-electron chi connectivity index (χ4n) is 2.68. The highest BCUT2D eigenvalue weighted by molar-refractivity contribution is 6.00. The van der Waals surface area contributed by atoms with Crippen LogP contribution in [0.5, 0.6) is 5.75 Å². The summed E-state index contributed by atoms with van der Waals surface area (Å²) in [6, 6.07) is 23.2. The van der Waals surface area contributed by atoms with Crippen molar-refractivity contribution in [3.05, 3.63) is 84.4 Å². The fraction of sp³-hybridized carbons (Fsp3) is 0.130. The molecule has 0 saturated heterocycles. The maximum absolute atomic E-state index is 12.4. The molecular formula is C23H23N3O3. The van der Waals surface area contributed by atoms with E-state index < -0.39 is 6.10 Å². The minimum absolute atomic E-state index is 0.280. The van der Waals surface area contributed by atoms with Gasteiger partial charge >= 0.3 is 6.03 Å². The summed E-state index contributed by atoms with van der Waals surface area (Å²) in [7, 11) is 0. The molecule has 0 fully saturated rings. The molecule has 0 aliphatic carbocycles. The maximum atomic E-state index is 12.4. The highest BCUT2D eigenvalue weighted by atomic mass is 16.5. The van der Waals surface area contributed by atoms with Gasteiger partial charge in [-0.1, -0.05) is 36.4 Å². The minimum Gasteiger partial charge on any atom is -0.481 e. The van der Waals surface area contributed by atoms with E-state index >= 15 is 0 Å². The molecule has 3 N–H and O–H groups in total. The molecule has 0 aliphatic heterocycles. The lowest BCUT2D eigenvalue weighted by atomic mass is 10.2. The lowest BCUT2D eigenvalue weighted by Gasteiger charge is -2.15. The van der Waals surface area contributed by atoms with Crippen molar-refractivity contribution in [2.45, 2.75) is 20.0 Å². The summed E-state index contributed by atoms with van der Waals surface area (Å²) in [6.45, 7) is 3.65. The summed E-state index contributed by atoms with van der Waals surface area (Å²) in [5, 5.41) is 8.29. The van der Waals surface area contributed by atoms with Crippen molar-refractivity contribution in [1.29, 1.82) is 0 Å². The van der Waals surface area contributed by atoms with E-state index in [0.29, 0.717) is 22.8 Å². The van der Waals surface area contributed by atoms with Crippen LogP contribution < -0.4 is 20.7 Å². The quantitative estimate of drug-likeness (QED) is 0.552. The topological polar surface area (TPSA) is 79.5 Å². The van der Waals surface area contributed by atoms with Gasteiger partial charge in [-0.25, -0.2) is 4.79 Å². The van der Waals surface area contributed by atoms with Crippen molar-refractivity contribution < 1.29 is 14.3 Å². The molecule has 3 rings (SSSR count). The van der Waals surface area contributed by atoms with E-state index in [4.69, 9.17) is 4.74 Å². The first-order valence-electron chi connectivity index (χ1n) is 9.27. The number of aryl methyl sites for hydroxylation is 1. The van der Waals surface area contributed by atoms with Crippen LogP contribution in [0, 0.1) is 6.92 Å². The van der Waals surface area contributed by atoms with Crippen LogP contribution in [0.15, 0.2) is 78.9 Å². The SMILES string of the molecule is Cc1cccc(O[C@@H](C)C(=O)Nc2cccc(NC(=O)Nc3ccccc3)c2)c1. The van der Waals surface area contributed by atoms with Gasteiger partial charge in [-0.05, 0) is 61.9 Å². The van der Waals surface area contributed by atoms with Gasteiger partial charge in [0.15, 0.2) is 6.10 Å². The Bertz CT molecular complexity index is 989. The van der Waals surface area contributed by atoms with E-state index in [2.05, 4.69) is 16.0 Å². The summed E-state index contributed by atoms with van der Waals surface area (Å²) in [5.74, 6) is 0.359. The number of hydrogen-bond acceptors (Lipinski definition) is 3. The Morgan fingerprint density at radius 1 is 0.759 bits per heavy atom. The molecule has 0 heterocycles. The van der Waals surface area contributed by atoms with Gasteiger partial charge in [-0.3, -0.25) is 4.79 Å². The van der Waals surface area contributed by atoms with Crippen molar-refractivity contribution in [1.82, 2.24) is 0 Å². The van der Waals surface area contributed by atoms with Crippen molar-refractivity contribution in [3.63, 3.8) is 0 Å². The van der Waals surface area contributed by atoms with E-state index in [0.717, 1.165) is 5.56 Å². The number of nitrogens with one attached hydrogen (secondary N) is 3. The highest BCUT2D eigenvalue weighted by Gasteiger charge is 2.15. The molecule has 29 heavy (non-hydrogen) atoms. The van der Waals surface area contributed by atoms with Crippen LogP contribution in [0.4, 0.5) is 21.9 Å². The van der Waals surface area contributed by atoms with Gasteiger partial charge in [0.2, 0.25) is 0 Å². The first-order valence-corrected chi connectivity index (χ1v) is 9.27. The largest absolute Gasteiger partial charge is 0.481 e. The molecule has 148 valence electrons. The number of carbonyl (C=O) groups is 2. The predicted octanol–water partition coefficient (Wildman–Crippen LogP) is 5.05. The van der Waals surface area contributed by atoms with Gasteiger partial charge < -0.3 is 20.7 Å². The van der Waals surface area contributed by atoms with Crippen molar-refractivity contribution in [2.24, 2.45) is 0 Å². The molecule has 0 radical (unpaired) electrons. The second-order valence-corrected chi connectivity index (χ2v) is 6.59. The zero-order chi connectivity index (χ0) is 20.6. The van der Waals surface area contributed by atoms with Gasteiger partial charge in [-0.15, -0.1) is 0 Å². The Morgan fingerprint density at radius 2 is 1.38 bits per heavy atom. The van der Waals surface area contributed by atoms with Gasteiger partial charge in [0.25, 0.3) is 5.91 Å². The van der Waals surface area contributed by atoms with Gasteiger partial charge in [0.05, 0.1) is 0 Å². The molecule has 0 saturated carbocycles. The minimum atomic E-state index is -0.671. The Labute approximate surface area is 169 Å². The van der Waals surface area contributed by atoms with Gasteiger partial charge in [0, 0.05) is 17.1 Å². The summed E-state index contributed by atoms with van der Waals surface area (Å²) in [4.78, 5) is 24.6. The van der Waals surface area contributed by atoms with Crippen molar-refractivity contribution in [3.8, 4) is 5.75 Å². The fourth-order valence-corrected chi connectivity index (χ4v) is 2.68. The number of rotatable bonds is 6. The summed E-state index contributed by atoms with van der Waals surface area (Å²) < 4.78 is 5.70. The van der Waals surface area contributed by atoms with Crippen LogP contribution in [0.25, 0.3) is 0 Å². The Hall–Kier alpha value is -3.80. The molecule has 6 nitrogen and oxygen atoms in total. The molecular weight excluding hydrogens is 366 g/mol. The van der Waals surface area contributed by atoms with Crippen molar-refractivity contribution in [2.75, 3.05) is 16.0 Å².